The Morgan fingerprint density at radius 2 is 2.24 bits per heavy atom. The minimum Gasteiger partial charge on any atom is -0.409 e. The number of nitrogens with two attached hydrogens (primary N) is 1. The molecule has 1 fully saturated rings. The summed E-state index contributed by atoms with van der Waals surface area (Å²) < 4.78 is 14.0. The normalized spacial score (nSPS) is 20.4. The van der Waals surface area contributed by atoms with Crippen LogP contribution in [0.4, 0.5) is 10.1 Å². The molecule has 21 heavy (non-hydrogen) atoms. The van der Waals surface area contributed by atoms with Gasteiger partial charge in [0.2, 0.25) is 0 Å². The largest absolute Gasteiger partial charge is 0.409 e. The maximum absolute atomic E-state index is 14.0. The van der Waals surface area contributed by atoms with Crippen molar-refractivity contribution >= 4 is 11.5 Å². The second-order valence-electron chi connectivity index (χ2n) is 5.69. The first kappa shape index (κ1) is 15.6. The first-order valence-electron chi connectivity index (χ1n) is 7.68. The Labute approximate surface area is 125 Å². The second kappa shape index (κ2) is 7.29. The predicted molar refractivity (Wildman–Crippen MR) is 83.4 cm³/mol. The first-order valence-corrected chi connectivity index (χ1v) is 7.68. The van der Waals surface area contributed by atoms with Crippen molar-refractivity contribution in [2.24, 2.45) is 16.8 Å². The summed E-state index contributed by atoms with van der Waals surface area (Å²) in [6.07, 6.45) is 5.89. The summed E-state index contributed by atoms with van der Waals surface area (Å²) in [7, 11) is 0. The van der Waals surface area contributed by atoms with Crippen molar-refractivity contribution in [3.63, 3.8) is 0 Å². The third-order valence-corrected chi connectivity index (χ3v) is 4.24. The van der Waals surface area contributed by atoms with Gasteiger partial charge >= 0.3 is 0 Å². The van der Waals surface area contributed by atoms with Crippen LogP contribution in [0.25, 0.3) is 0 Å². The van der Waals surface area contributed by atoms with E-state index in [4.69, 9.17) is 10.9 Å². The number of amidine groups is 1. The zero-order valence-electron chi connectivity index (χ0n) is 12.6. The smallest absolute Gasteiger partial charge is 0.175 e. The third-order valence-electron chi connectivity index (χ3n) is 4.24. The summed E-state index contributed by atoms with van der Waals surface area (Å²) in [5.74, 6) is 0.135. The average molecular weight is 293 g/mol. The summed E-state index contributed by atoms with van der Waals surface area (Å²) in [5.41, 5.74) is 6.58. The van der Waals surface area contributed by atoms with Gasteiger partial charge in [-0.05, 0) is 37.3 Å². The Hall–Kier alpha value is -1.78. The van der Waals surface area contributed by atoms with Crippen LogP contribution < -0.4 is 10.6 Å². The van der Waals surface area contributed by atoms with E-state index >= 15 is 0 Å². The SMILES string of the molecule is CCCC1CCCN(c2cccc(F)c2C(N)=NO)CC1. The minimum absolute atomic E-state index is 0.169. The highest BCUT2D eigenvalue weighted by Gasteiger charge is 2.21. The molecule has 1 unspecified atom stereocenters. The number of benzene rings is 1. The van der Waals surface area contributed by atoms with Crippen LogP contribution in [0, 0.1) is 11.7 Å². The molecule has 0 amide bonds. The molecule has 0 aliphatic carbocycles. The lowest BCUT2D eigenvalue weighted by Crippen LogP contribution is -2.28. The maximum Gasteiger partial charge on any atom is 0.175 e. The van der Waals surface area contributed by atoms with Gasteiger partial charge in [-0.15, -0.1) is 0 Å². The zero-order chi connectivity index (χ0) is 15.2. The van der Waals surface area contributed by atoms with Crippen molar-refractivity contribution in [2.45, 2.75) is 39.0 Å². The van der Waals surface area contributed by atoms with Gasteiger partial charge in [0.1, 0.15) is 5.82 Å². The molecule has 0 aromatic heterocycles. The molecule has 0 bridgehead atoms. The summed E-state index contributed by atoms with van der Waals surface area (Å²) >= 11 is 0. The van der Waals surface area contributed by atoms with Crippen molar-refractivity contribution in [1.29, 1.82) is 0 Å². The van der Waals surface area contributed by atoms with Crippen molar-refractivity contribution < 1.29 is 9.60 Å². The Morgan fingerprint density at radius 1 is 1.43 bits per heavy atom. The minimum atomic E-state index is -0.447. The van der Waals surface area contributed by atoms with Gasteiger partial charge in [-0.25, -0.2) is 4.39 Å². The maximum atomic E-state index is 14.0. The molecule has 1 heterocycles. The van der Waals surface area contributed by atoms with Crippen LogP contribution >= 0.6 is 0 Å². The lowest BCUT2D eigenvalue weighted by Gasteiger charge is -2.25. The van der Waals surface area contributed by atoms with E-state index in [-0.39, 0.29) is 11.4 Å². The van der Waals surface area contributed by atoms with Crippen LogP contribution in [-0.2, 0) is 0 Å². The van der Waals surface area contributed by atoms with E-state index in [9.17, 15) is 4.39 Å². The zero-order valence-corrected chi connectivity index (χ0v) is 12.6. The summed E-state index contributed by atoms with van der Waals surface area (Å²) in [6, 6.07) is 4.86. The van der Waals surface area contributed by atoms with E-state index in [1.54, 1.807) is 6.07 Å². The lowest BCUT2D eigenvalue weighted by molar-refractivity contribution is 0.318. The summed E-state index contributed by atoms with van der Waals surface area (Å²) in [5, 5.41) is 11.9. The molecule has 1 atom stereocenters. The molecule has 1 saturated heterocycles. The van der Waals surface area contributed by atoms with Crippen molar-refractivity contribution in [1.82, 2.24) is 0 Å². The van der Waals surface area contributed by atoms with Crippen molar-refractivity contribution in [3.8, 4) is 0 Å². The van der Waals surface area contributed by atoms with E-state index < -0.39 is 5.82 Å². The van der Waals surface area contributed by atoms with Crippen LogP contribution in [0.2, 0.25) is 0 Å². The highest BCUT2D eigenvalue weighted by atomic mass is 19.1. The standard InChI is InChI=1S/C16H24FN3O/c1-2-5-12-6-4-10-20(11-9-12)14-8-3-7-13(17)15(14)16(18)19-21/h3,7-8,12,21H,2,4-6,9-11H2,1H3,(H2,18,19). The van der Waals surface area contributed by atoms with Crippen molar-refractivity contribution in [2.75, 3.05) is 18.0 Å². The van der Waals surface area contributed by atoms with Crippen LogP contribution in [-0.4, -0.2) is 24.1 Å². The van der Waals surface area contributed by atoms with Crippen LogP contribution in [0.15, 0.2) is 23.4 Å². The van der Waals surface area contributed by atoms with Gasteiger partial charge in [0.05, 0.1) is 11.3 Å². The molecule has 1 aliphatic heterocycles. The van der Waals surface area contributed by atoms with E-state index in [0.717, 1.165) is 37.5 Å². The van der Waals surface area contributed by atoms with Crippen molar-refractivity contribution in [3.05, 3.63) is 29.6 Å². The molecule has 0 saturated carbocycles. The fourth-order valence-electron chi connectivity index (χ4n) is 3.18. The van der Waals surface area contributed by atoms with Gasteiger partial charge in [0.15, 0.2) is 5.84 Å². The van der Waals surface area contributed by atoms with Gasteiger partial charge in [0.25, 0.3) is 0 Å². The Morgan fingerprint density at radius 3 is 2.95 bits per heavy atom. The third kappa shape index (κ3) is 3.65. The number of anilines is 1. The molecular weight excluding hydrogens is 269 g/mol. The quantitative estimate of drug-likeness (QED) is 0.387. The van der Waals surface area contributed by atoms with Crippen LogP contribution in [0.1, 0.15) is 44.6 Å². The summed E-state index contributed by atoms with van der Waals surface area (Å²) in [6.45, 7) is 3.99. The molecule has 0 spiro atoms. The Kier molecular flexibility index (Phi) is 5.42. The molecule has 4 nitrogen and oxygen atoms in total. The first-order chi connectivity index (χ1) is 10.2. The number of nitrogens with zero attached hydrogens (tertiary/aromatic N) is 2. The monoisotopic (exact) mass is 293 g/mol. The molecule has 1 aromatic rings. The molecule has 1 aliphatic rings. The summed E-state index contributed by atoms with van der Waals surface area (Å²) in [4.78, 5) is 2.16. The molecule has 5 heteroatoms. The number of halogens is 1. The second-order valence-corrected chi connectivity index (χ2v) is 5.69. The van der Waals surface area contributed by atoms with Gasteiger partial charge in [0, 0.05) is 13.1 Å². The topological polar surface area (TPSA) is 61.8 Å². The number of oxime groups is 1. The van der Waals surface area contributed by atoms with Gasteiger partial charge in [-0.3, -0.25) is 0 Å². The average Bonchev–Trinajstić information content (AvgIpc) is 2.72. The fourth-order valence-corrected chi connectivity index (χ4v) is 3.18. The molecule has 1 aromatic carbocycles. The molecular formula is C16H24FN3O. The Bertz CT molecular complexity index is 504. The van der Waals surface area contributed by atoms with E-state index in [0.29, 0.717) is 0 Å². The molecule has 0 radical (unpaired) electrons. The number of hydrogen-bond donors (Lipinski definition) is 2. The van der Waals surface area contributed by atoms with Gasteiger partial charge in [-0.2, -0.15) is 0 Å². The Balaban J connectivity index is 2.24. The van der Waals surface area contributed by atoms with Crippen LogP contribution in [0.5, 0.6) is 0 Å². The van der Waals surface area contributed by atoms with E-state index in [1.165, 1.54) is 25.3 Å². The highest BCUT2D eigenvalue weighted by Crippen LogP contribution is 2.28. The molecule has 116 valence electrons. The van der Waals surface area contributed by atoms with Gasteiger partial charge < -0.3 is 15.8 Å². The highest BCUT2D eigenvalue weighted by molar-refractivity contribution is 6.02. The van der Waals surface area contributed by atoms with Gasteiger partial charge in [-0.1, -0.05) is 31.0 Å². The van der Waals surface area contributed by atoms with Crippen LogP contribution in [0.3, 0.4) is 0 Å². The number of rotatable bonds is 4. The number of hydrogen-bond acceptors (Lipinski definition) is 3. The van der Waals surface area contributed by atoms with E-state index in [2.05, 4.69) is 17.0 Å². The molecule has 3 N–H and O–H groups in total. The fraction of sp³-hybridized carbons (Fsp3) is 0.562. The lowest BCUT2D eigenvalue weighted by atomic mass is 9.96. The predicted octanol–water partition coefficient (Wildman–Crippen LogP) is 3.33. The molecule has 2 rings (SSSR count). The van der Waals surface area contributed by atoms with E-state index in [1.807, 2.05) is 6.07 Å².